The Balaban J connectivity index is 1.35. The molecule has 0 unspecified atom stereocenters. The standard InChI is InChI=1S/C24H36N4O2/c1-17-25-10-11-26(17)16-24(30)27-14-19-13-20(15-27)22(12-18-6-3-2-4-7-18)28-21(19)8-5-9-23(28)29/h10-11,18-22H,2-9,12-16H2,1H3/t19-,20+,21+,22+/m1/s1. The summed E-state index contributed by atoms with van der Waals surface area (Å²) in [6.45, 7) is 3.96. The molecule has 1 aromatic rings. The van der Waals surface area contributed by atoms with Gasteiger partial charge in [0.2, 0.25) is 11.8 Å². The topological polar surface area (TPSA) is 58.4 Å². The van der Waals surface area contributed by atoms with Gasteiger partial charge in [-0.15, -0.1) is 0 Å². The molecule has 164 valence electrons. The Hall–Kier alpha value is -1.85. The highest BCUT2D eigenvalue weighted by atomic mass is 16.2. The highest BCUT2D eigenvalue weighted by Crippen LogP contribution is 2.44. The first kappa shape index (κ1) is 20.1. The summed E-state index contributed by atoms with van der Waals surface area (Å²) in [5.74, 6) is 3.13. The Labute approximate surface area is 180 Å². The van der Waals surface area contributed by atoms with E-state index in [9.17, 15) is 9.59 Å². The minimum absolute atomic E-state index is 0.206. The molecule has 6 nitrogen and oxygen atoms in total. The van der Waals surface area contributed by atoms with Crippen molar-refractivity contribution < 1.29 is 9.59 Å². The van der Waals surface area contributed by atoms with Crippen LogP contribution in [-0.2, 0) is 16.1 Å². The molecule has 2 amide bonds. The monoisotopic (exact) mass is 412 g/mol. The summed E-state index contributed by atoms with van der Waals surface area (Å²) in [6, 6.07) is 0.689. The van der Waals surface area contributed by atoms with Crippen LogP contribution in [0.15, 0.2) is 12.4 Å². The molecular weight excluding hydrogens is 376 g/mol. The van der Waals surface area contributed by atoms with Crippen molar-refractivity contribution in [2.75, 3.05) is 13.1 Å². The van der Waals surface area contributed by atoms with Crippen LogP contribution in [0.4, 0.5) is 0 Å². The Morgan fingerprint density at radius 1 is 1.10 bits per heavy atom. The Kier molecular flexibility index (Phi) is 5.59. The number of imidazole rings is 1. The highest BCUT2D eigenvalue weighted by Gasteiger charge is 2.50. The fraction of sp³-hybridized carbons (Fsp3) is 0.792. The van der Waals surface area contributed by atoms with E-state index < -0.39 is 0 Å². The predicted octanol–water partition coefficient (Wildman–Crippen LogP) is 3.39. The Morgan fingerprint density at radius 3 is 2.67 bits per heavy atom. The minimum Gasteiger partial charge on any atom is -0.340 e. The first-order chi connectivity index (χ1) is 14.6. The molecule has 4 fully saturated rings. The van der Waals surface area contributed by atoms with E-state index in [-0.39, 0.29) is 5.91 Å². The second-order valence-electron chi connectivity index (χ2n) is 10.2. The van der Waals surface area contributed by atoms with Gasteiger partial charge in [0.25, 0.3) is 0 Å². The summed E-state index contributed by atoms with van der Waals surface area (Å²) in [6.07, 6.45) is 15.6. The molecular formula is C24H36N4O2. The predicted molar refractivity (Wildman–Crippen MR) is 115 cm³/mol. The van der Waals surface area contributed by atoms with E-state index in [1.54, 1.807) is 6.20 Å². The van der Waals surface area contributed by atoms with Crippen molar-refractivity contribution in [1.29, 1.82) is 0 Å². The number of likely N-dealkylation sites (tertiary alicyclic amines) is 1. The normalized spacial score (nSPS) is 32.2. The van der Waals surface area contributed by atoms with Gasteiger partial charge >= 0.3 is 0 Å². The molecule has 3 saturated heterocycles. The largest absolute Gasteiger partial charge is 0.340 e. The maximum Gasteiger partial charge on any atom is 0.242 e. The second-order valence-corrected chi connectivity index (χ2v) is 10.2. The van der Waals surface area contributed by atoms with Crippen LogP contribution >= 0.6 is 0 Å². The quantitative estimate of drug-likeness (QED) is 0.762. The van der Waals surface area contributed by atoms with Gasteiger partial charge in [-0.1, -0.05) is 32.1 Å². The molecule has 0 radical (unpaired) electrons. The van der Waals surface area contributed by atoms with Gasteiger partial charge in [-0.2, -0.15) is 0 Å². The minimum atomic E-state index is 0.206. The summed E-state index contributed by atoms with van der Waals surface area (Å²) >= 11 is 0. The number of rotatable bonds is 4. The smallest absolute Gasteiger partial charge is 0.242 e. The maximum atomic E-state index is 13.2. The van der Waals surface area contributed by atoms with Gasteiger partial charge in [-0.25, -0.2) is 4.98 Å². The van der Waals surface area contributed by atoms with E-state index in [1.165, 1.54) is 38.5 Å². The molecule has 3 aliphatic heterocycles. The summed E-state index contributed by atoms with van der Waals surface area (Å²) in [5, 5.41) is 0. The fourth-order valence-electron chi connectivity index (χ4n) is 6.86. The van der Waals surface area contributed by atoms with Crippen LogP contribution in [0.25, 0.3) is 0 Å². The number of fused-ring (bicyclic) bond motifs is 4. The lowest BCUT2D eigenvalue weighted by molar-refractivity contribution is -0.157. The molecule has 4 aliphatic rings. The zero-order valence-electron chi connectivity index (χ0n) is 18.3. The zero-order chi connectivity index (χ0) is 20.7. The third-order valence-corrected chi connectivity index (χ3v) is 8.38. The molecule has 0 aromatic carbocycles. The van der Waals surface area contributed by atoms with Crippen molar-refractivity contribution in [1.82, 2.24) is 19.4 Å². The molecule has 1 aliphatic carbocycles. The van der Waals surface area contributed by atoms with E-state index >= 15 is 0 Å². The van der Waals surface area contributed by atoms with Crippen molar-refractivity contribution in [2.45, 2.75) is 89.8 Å². The number of hydrogen-bond donors (Lipinski definition) is 0. The van der Waals surface area contributed by atoms with Crippen molar-refractivity contribution in [3.8, 4) is 0 Å². The molecule has 6 heteroatoms. The number of nitrogens with zero attached hydrogens (tertiary/aromatic N) is 4. The summed E-state index contributed by atoms with van der Waals surface area (Å²) in [4.78, 5) is 34.9. The van der Waals surface area contributed by atoms with Crippen LogP contribution in [0.2, 0.25) is 0 Å². The van der Waals surface area contributed by atoms with E-state index in [1.807, 2.05) is 17.7 Å². The lowest BCUT2D eigenvalue weighted by atomic mass is 9.69. The number of carbonyl (C=O) groups is 2. The van der Waals surface area contributed by atoms with Crippen LogP contribution in [0.3, 0.4) is 0 Å². The zero-order valence-corrected chi connectivity index (χ0v) is 18.3. The van der Waals surface area contributed by atoms with Gasteiger partial charge < -0.3 is 14.4 Å². The van der Waals surface area contributed by atoms with Gasteiger partial charge in [0, 0.05) is 44.0 Å². The molecule has 4 atom stereocenters. The number of piperidine rings is 3. The van der Waals surface area contributed by atoms with Crippen LogP contribution in [0.1, 0.15) is 70.0 Å². The molecule has 2 bridgehead atoms. The van der Waals surface area contributed by atoms with Crippen LogP contribution in [0.5, 0.6) is 0 Å². The molecule has 1 aromatic heterocycles. The van der Waals surface area contributed by atoms with E-state index in [4.69, 9.17) is 0 Å². The van der Waals surface area contributed by atoms with Gasteiger partial charge in [0.15, 0.2) is 0 Å². The SMILES string of the molecule is Cc1nccn1CC(=O)N1C[C@H]2C[C@@H](C1)[C@H](CC1CCCCC1)N1C(=O)CCC[C@@H]21. The van der Waals surface area contributed by atoms with Crippen LogP contribution in [0, 0.1) is 24.7 Å². The molecule has 1 saturated carbocycles. The first-order valence-electron chi connectivity index (χ1n) is 12.2. The van der Waals surface area contributed by atoms with Gasteiger partial charge in [0.1, 0.15) is 12.4 Å². The molecule has 0 N–H and O–H groups in total. The molecule has 0 spiro atoms. The lowest BCUT2D eigenvalue weighted by Crippen LogP contribution is -2.66. The van der Waals surface area contributed by atoms with Crippen molar-refractivity contribution in [2.24, 2.45) is 17.8 Å². The number of hydrogen-bond acceptors (Lipinski definition) is 3. The number of aryl methyl sites for hydroxylation is 1. The van der Waals surface area contributed by atoms with Crippen LogP contribution in [-0.4, -0.2) is 56.3 Å². The lowest BCUT2D eigenvalue weighted by Gasteiger charge is -2.57. The highest BCUT2D eigenvalue weighted by molar-refractivity contribution is 5.78. The number of amides is 2. The number of aromatic nitrogens is 2. The summed E-state index contributed by atoms with van der Waals surface area (Å²) < 4.78 is 1.95. The average Bonchev–Trinajstić information content (AvgIpc) is 3.16. The second kappa shape index (κ2) is 8.35. The third-order valence-electron chi connectivity index (χ3n) is 8.38. The van der Waals surface area contributed by atoms with Gasteiger partial charge in [0.05, 0.1) is 0 Å². The van der Waals surface area contributed by atoms with Crippen LogP contribution < -0.4 is 0 Å². The fourth-order valence-corrected chi connectivity index (χ4v) is 6.86. The molecule has 5 rings (SSSR count). The van der Waals surface area contributed by atoms with E-state index in [0.717, 1.165) is 50.5 Å². The number of carbonyl (C=O) groups excluding carboxylic acids is 2. The molecule has 4 heterocycles. The van der Waals surface area contributed by atoms with Gasteiger partial charge in [-0.05, 0) is 50.4 Å². The van der Waals surface area contributed by atoms with Crippen molar-refractivity contribution in [3.63, 3.8) is 0 Å². The average molecular weight is 413 g/mol. The Morgan fingerprint density at radius 2 is 1.90 bits per heavy atom. The maximum absolute atomic E-state index is 13.2. The van der Waals surface area contributed by atoms with Crippen molar-refractivity contribution >= 4 is 11.8 Å². The summed E-state index contributed by atoms with van der Waals surface area (Å²) in [7, 11) is 0. The van der Waals surface area contributed by atoms with Crippen molar-refractivity contribution in [3.05, 3.63) is 18.2 Å². The van der Waals surface area contributed by atoms with E-state index in [2.05, 4.69) is 14.8 Å². The first-order valence-corrected chi connectivity index (χ1v) is 12.2. The van der Waals surface area contributed by atoms with E-state index in [0.29, 0.717) is 36.4 Å². The summed E-state index contributed by atoms with van der Waals surface area (Å²) in [5.41, 5.74) is 0. The van der Waals surface area contributed by atoms with Gasteiger partial charge in [-0.3, -0.25) is 9.59 Å². The Bertz CT molecular complexity index is 784. The third kappa shape index (κ3) is 3.78. The molecule has 30 heavy (non-hydrogen) atoms.